The highest BCUT2D eigenvalue weighted by Crippen LogP contribution is 2.03. The van der Waals surface area contributed by atoms with Gasteiger partial charge in [-0.25, -0.2) is 4.79 Å². The Labute approximate surface area is 86.1 Å². The summed E-state index contributed by atoms with van der Waals surface area (Å²) in [6.45, 7) is 8.31. The van der Waals surface area contributed by atoms with E-state index in [0.29, 0.717) is 13.2 Å². The molecule has 0 aliphatic rings. The fourth-order valence-electron chi connectivity index (χ4n) is 0.995. The summed E-state index contributed by atoms with van der Waals surface area (Å²) in [7, 11) is 0. The van der Waals surface area contributed by atoms with E-state index in [1.165, 1.54) is 12.8 Å². The summed E-state index contributed by atoms with van der Waals surface area (Å²) in [5, 5.41) is 0. The fourth-order valence-corrected chi connectivity index (χ4v) is 0.995. The molecule has 0 N–H and O–H groups in total. The minimum Gasteiger partial charge on any atom is -0.487 e. The number of unbranched alkanes of at least 4 members (excludes halogenated alkanes) is 3. The lowest BCUT2D eigenvalue weighted by Crippen LogP contribution is -2.10. The number of hydrogen-bond acceptors (Lipinski definition) is 3. The highest BCUT2D eigenvalue weighted by molar-refractivity contribution is 5.85. The van der Waals surface area contributed by atoms with Gasteiger partial charge in [-0.1, -0.05) is 26.2 Å². The molecule has 0 bridgehead atoms. The van der Waals surface area contributed by atoms with Gasteiger partial charge in [-0.3, -0.25) is 0 Å². The Morgan fingerprint density at radius 1 is 1.14 bits per heavy atom. The summed E-state index contributed by atoms with van der Waals surface area (Å²) in [6, 6.07) is 0. The number of esters is 1. The van der Waals surface area contributed by atoms with Gasteiger partial charge in [0.05, 0.1) is 13.2 Å². The van der Waals surface area contributed by atoms with E-state index in [0.717, 1.165) is 12.8 Å². The molecular weight excluding hydrogens is 180 g/mol. The molecule has 0 aromatic heterocycles. The third-order valence-corrected chi connectivity index (χ3v) is 1.78. The first-order valence-electron chi connectivity index (χ1n) is 5.21. The Bertz CT molecular complexity index is 175. The zero-order chi connectivity index (χ0) is 10.8. The summed E-state index contributed by atoms with van der Waals surface area (Å²) >= 11 is 0. The number of carbonyl (C=O) groups excluding carboxylic acids is 1. The third-order valence-electron chi connectivity index (χ3n) is 1.78. The van der Waals surface area contributed by atoms with Crippen LogP contribution in [0.3, 0.4) is 0 Å². The maximum atomic E-state index is 11.0. The fraction of sp³-hybridized carbons (Fsp3) is 0.727. The van der Waals surface area contributed by atoms with Crippen molar-refractivity contribution in [2.24, 2.45) is 0 Å². The molecule has 0 aliphatic heterocycles. The third kappa shape index (κ3) is 6.52. The second kappa shape index (κ2) is 8.60. The van der Waals surface area contributed by atoms with E-state index in [9.17, 15) is 4.79 Å². The molecule has 0 spiro atoms. The van der Waals surface area contributed by atoms with Gasteiger partial charge in [-0.2, -0.15) is 0 Å². The van der Waals surface area contributed by atoms with Gasteiger partial charge in [0.2, 0.25) is 0 Å². The van der Waals surface area contributed by atoms with Crippen LogP contribution in [0.2, 0.25) is 0 Å². The number of rotatable bonds is 8. The zero-order valence-corrected chi connectivity index (χ0v) is 9.17. The van der Waals surface area contributed by atoms with Crippen molar-refractivity contribution >= 4 is 5.97 Å². The summed E-state index contributed by atoms with van der Waals surface area (Å²) < 4.78 is 9.85. The Hall–Kier alpha value is -0.990. The molecule has 82 valence electrons. The van der Waals surface area contributed by atoms with Crippen LogP contribution in [0.4, 0.5) is 0 Å². The van der Waals surface area contributed by atoms with Crippen LogP contribution in [0.25, 0.3) is 0 Å². The first-order valence-corrected chi connectivity index (χ1v) is 5.21. The second-order valence-electron chi connectivity index (χ2n) is 3.05. The number of hydrogen-bond donors (Lipinski definition) is 0. The van der Waals surface area contributed by atoms with E-state index in [1.54, 1.807) is 6.92 Å². The second-order valence-corrected chi connectivity index (χ2v) is 3.05. The summed E-state index contributed by atoms with van der Waals surface area (Å²) in [6.07, 6.45) is 4.49. The molecule has 0 amide bonds. The van der Waals surface area contributed by atoms with Crippen LogP contribution in [0.5, 0.6) is 0 Å². The van der Waals surface area contributed by atoms with Crippen LogP contribution < -0.4 is 0 Å². The van der Waals surface area contributed by atoms with Crippen molar-refractivity contribution in [3.05, 3.63) is 12.3 Å². The van der Waals surface area contributed by atoms with Gasteiger partial charge in [0.15, 0.2) is 5.76 Å². The van der Waals surface area contributed by atoms with Crippen LogP contribution >= 0.6 is 0 Å². The van der Waals surface area contributed by atoms with Gasteiger partial charge in [-0.15, -0.1) is 0 Å². The van der Waals surface area contributed by atoms with Crippen LogP contribution in [-0.2, 0) is 14.3 Å². The largest absolute Gasteiger partial charge is 0.487 e. The average molecular weight is 200 g/mol. The predicted molar refractivity (Wildman–Crippen MR) is 55.9 cm³/mol. The van der Waals surface area contributed by atoms with Gasteiger partial charge < -0.3 is 9.47 Å². The molecule has 0 saturated carbocycles. The Kier molecular flexibility index (Phi) is 7.99. The lowest BCUT2D eigenvalue weighted by Gasteiger charge is -2.07. The van der Waals surface area contributed by atoms with Crippen LogP contribution in [0.1, 0.15) is 39.5 Å². The molecule has 3 nitrogen and oxygen atoms in total. The summed E-state index contributed by atoms with van der Waals surface area (Å²) in [5.41, 5.74) is 0. The molecule has 0 rings (SSSR count). The van der Waals surface area contributed by atoms with Crippen molar-refractivity contribution in [2.45, 2.75) is 39.5 Å². The smallest absolute Gasteiger partial charge is 0.372 e. The van der Waals surface area contributed by atoms with Gasteiger partial charge >= 0.3 is 5.97 Å². The van der Waals surface area contributed by atoms with Crippen LogP contribution in [0, 0.1) is 0 Å². The van der Waals surface area contributed by atoms with E-state index < -0.39 is 5.97 Å². The molecule has 0 aromatic rings. The summed E-state index contributed by atoms with van der Waals surface area (Å²) in [4.78, 5) is 11.0. The van der Waals surface area contributed by atoms with Crippen molar-refractivity contribution in [2.75, 3.05) is 13.2 Å². The normalized spacial score (nSPS) is 9.57. The van der Waals surface area contributed by atoms with E-state index in [2.05, 4.69) is 13.5 Å². The molecule has 0 saturated heterocycles. The lowest BCUT2D eigenvalue weighted by atomic mass is 10.2. The first kappa shape index (κ1) is 13.0. The van der Waals surface area contributed by atoms with Gasteiger partial charge in [-0.05, 0) is 19.9 Å². The molecule has 0 atom stereocenters. The minimum absolute atomic E-state index is 0.114. The molecule has 0 unspecified atom stereocenters. The van der Waals surface area contributed by atoms with Crippen LogP contribution in [0.15, 0.2) is 12.3 Å². The van der Waals surface area contributed by atoms with E-state index in [-0.39, 0.29) is 5.76 Å². The van der Waals surface area contributed by atoms with Crippen molar-refractivity contribution in [3.8, 4) is 0 Å². The Balaban J connectivity index is 3.39. The molecule has 0 heterocycles. The van der Waals surface area contributed by atoms with E-state index >= 15 is 0 Å². The van der Waals surface area contributed by atoms with Gasteiger partial charge in [0, 0.05) is 0 Å². The van der Waals surface area contributed by atoms with Gasteiger partial charge in [0.25, 0.3) is 0 Å². The first-order chi connectivity index (χ1) is 6.72. The number of carbonyl (C=O) groups is 1. The number of ether oxygens (including phenoxy) is 2. The standard InChI is InChI=1S/C11H20O3/c1-4-6-7-8-9-14-10(3)11(12)13-5-2/h3-9H2,1-2H3. The SMILES string of the molecule is C=C(OCCCCCC)C(=O)OCC. The zero-order valence-electron chi connectivity index (χ0n) is 9.17. The monoisotopic (exact) mass is 200 g/mol. The van der Waals surface area contributed by atoms with Crippen molar-refractivity contribution in [1.82, 2.24) is 0 Å². The highest BCUT2D eigenvalue weighted by Gasteiger charge is 2.07. The lowest BCUT2D eigenvalue weighted by molar-refractivity contribution is -0.142. The molecule has 0 fully saturated rings. The van der Waals surface area contributed by atoms with E-state index in [1.807, 2.05) is 0 Å². The summed E-state index contributed by atoms with van der Waals surface area (Å²) in [5.74, 6) is -0.341. The minimum atomic E-state index is -0.456. The Morgan fingerprint density at radius 2 is 1.86 bits per heavy atom. The molecule has 14 heavy (non-hydrogen) atoms. The maximum absolute atomic E-state index is 11.0. The van der Waals surface area contributed by atoms with Crippen molar-refractivity contribution in [1.29, 1.82) is 0 Å². The van der Waals surface area contributed by atoms with Crippen molar-refractivity contribution < 1.29 is 14.3 Å². The van der Waals surface area contributed by atoms with Crippen LogP contribution in [-0.4, -0.2) is 19.2 Å². The van der Waals surface area contributed by atoms with Crippen molar-refractivity contribution in [3.63, 3.8) is 0 Å². The average Bonchev–Trinajstić information content (AvgIpc) is 2.17. The molecular formula is C11H20O3. The topological polar surface area (TPSA) is 35.5 Å². The maximum Gasteiger partial charge on any atom is 0.372 e. The molecule has 0 radical (unpaired) electrons. The quantitative estimate of drug-likeness (QED) is 0.261. The highest BCUT2D eigenvalue weighted by atomic mass is 16.6. The molecule has 0 aliphatic carbocycles. The van der Waals surface area contributed by atoms with E-state index in [4.69, 9.17) is 9.47 Å². The Morgan fingerprint density at radius 3 is 2.43 bits per heavy atom. The molecule has 0 aromatic carbocycles. The molecule has 3 heteroatoms. The predicted octanol–water partition coefficient (Wildman–Crippen LogP) is 2.66. The van der Waals surface area contributed by atoms with Gasteiger partial charge in [0.1, 0.15) is 0 Å².